The lowest BCUT2D eigenvalue weighted by molar-refractivity contribution is -0.146. The summed E-state index contributed by atoms with van der Waals surface area (Å²) < 4.78 is 4.91. The minimum Gasteiger partial charge on any atom is -0.450 e. The lowest BCUT2D eigenvalue weighted by Gasteiger charge is -2.33. The van der Waals surface area contributed by atoms with E-state index < -0.39 is 11.8 Å². The third-order valence-electron chi connectivity index (χ3n) is 3.46. The van der Waals surface area contributed by atoms with Gasteiger partial charge in [0, 0.05) is 45.1 Å². The summed E-state index contributed by atoms with van der Waals surface area (Å²) in [6.07, 6.45) is 2.88. The molecule has 0 radical (unpaired) electrons. The molecule has 3 amide bonds. The molecule has 0 aromatic carbocycles. The Balaban J connectivity index is 1.78. The molecule has 23 heavy (non-hydrogen) atoms. The molecular weight excluding hydrogens is 300 g/mol. The van der Waals surface area contributed by atoms with Gasteiger partial charge >= 0.3 is 17.9 Å². The molecule has 0 atom stereocenters. The van der Waals surface area contributed by atoms with Gasteiger partial charge in [-0.05, 0) is 18.6 Å². The second-order valence-corrected chi connectivity index (χ2v) is 5.02. The Morgan fingerprint density at radius 3 is 2.52 bits per heavy atom. The number of rotatable bonds is 3. The Labute approximate surface area is 134 Å². The fraction of sp³-hybridized carbons (Fsp3) is 0.467. The van der Waals surface area contributed by atoms with Crippen LogP contribution in [0.2, 0.25) is 0 Å². The molecule has 1 fully saturated rings. The van der Waals surface area contributed by atoms with Crippen LogP contribution < -0.4 is 5.32 Å². The summed E-state index contributed by atoms with van der Waals surface area (Å²) in [6.45, 7) is 3.66. The van der Waals surface area contributed by atoms with Gasteiger partial charge in [-0.2, -0.15) is 0 Å². The SMILES string of the molecule is CCOC(=O)N1CCN(C(=O)C(=O)NCc2cccnc2)CC1. The normalized spacial score (nSPS) is 14.3. The molecule has 8 heteroatoms. The molecule has 0 spiro atoms. The maximum Gasteiger partial charge on any atom is 0.409 e. The van der Waals surface area contributed by atoms with Crippen LogP contribution >= 0.6 is 0 Å². The first-order valence-corrected chi connectivity index (χ1v) is 7.49. The molecule has 0 saturated carbocycles. The van der Waals surface area contributed by atoms with E-state index in [9.17, 15) is 14.4 Å². The van der Waals surface area contributed by atoms with E-state index in [-0.39, 0.29) is 12.6 Å². The van der Waals surface area contributed by atoms with E-state index in [2.05, 4.69) is 10.3 Å². The number of piperazine rings is 1. The van der Waals surface area contributed by atoms with Crippen molar-refractivity contribution in [3.63, 3.8) is 0 Å². The van der Waals surface area contributed by atoms with Crippen LogP contribution in [0.4, 0.5) is 4.79 Å². The third kappa shape index (κ3) is 4.67. The van der Waals surface area contributed by atoms with Gasteiger partial charge in [0.05, 0.1) is 6.61 Å². The second-order valence-electron chi connectivity index (χ2n) is 5.02. The Kier molecular flexibility index (Phi) is 5.90. The van der Waals surface area contributed by atoms with Crippen LogP contribution in [0.5, 0.6) is 0 Å². The van der Waals surface area contributed by atoms with Crippen molar-refractivity contribution in [1.82, 2.24) is 20.1 Å². The van der Waals surface area contributed by atoms with Gasteiger partial charge < -0.3 is 19.9 Å². The van der Waals surface area contributed by atoms with Gasteiger partial charge in [-0.1, -0.05) is 6.07 Å². The molecule has 0 bridgehead atoms. The smallest absolute Gasteiger partial charge is 0.409 e. The van der Waals surface area contributed by atoms with Gasteiger partial charge in [0.25, 0.3) is 0 Å². The van der Waals surface area contributed by atoms with E-state index in [0.717, 1.165) is 5.56 Å². The van der Waals surface area contributed by atoms with Crippen LogP contribution in [0.25, 0.3) is 0 Å². The molecule has 0 unspecified atom stereocenters. The van der Waals surface area contributed by atoms with Gasteiger partial charge in [-0.25, -0.2) is 4.79 Å². The largest absolute Gasteiger partial charge is 0.450 e. The highest BCUT2D eigenvalue weighted by molar-refractivity contribution is 6.35. The first-order chi connectivity index (χ1) is 11.1. The van der Waals surface area contributed by atoms with E-state index in [1.165, 1.54) is 9.80 Å². The van der Waals surface area contributed by atoms with Crippen LogP contribution in [0.3, 0.4) is 0 Å². The van der Waals surface area contributed by atoms with Crippen molar-refractivity contribution in [1.29, 1.82) is 0 Å². The minimum absolute atomic E-state index is 0.251. The molecule has 2 rings (SSSR count). The number of carbonyl (C=O) groups is 3. The Bertz CT molecular complexity index is 556. The Hall–Kier alpha value is -2.64. The van der Waals surface area contributed by atoms with Gasteiger partial charge in [0.1, 0.15) is 0 Å². The van der Waals surface area contributed by atoms with Crippen LogP contribution in [0, 0.1) is 0 Å². The summed E-state index contributed by atoms with van der Waals surface area (Å²) in [5.41, 5.74) is 0.820. The summed E-state index contributed by atoms with van der Waals surface area (Å²) in [5, 5.41) is 2.57. The zero-order chi connectivity index (χ0) is 16.7. The first kappa shape index (κ1) is 16.7. The number of ether oxygens (including phenoxy) is 1. The average molecular weight is 320 g/mol. The highest BCUT2D eigenvalue weighted by Crippen LogP contribution is 2.04. The van der Waals surface area contributed by atoms with Crippen LogP contribution in [-0.4, -0.2) is 65.5 Å². The molecule has 8 nitrogen and oxygen atoms in total. The van der Waals surface area contributed by atoms with Crippen molar-refractivity contribution < 1.29 is 19.1 Å². The molecule has 2 heterocycles. The summed E-state index contributed by atoms with van der Waals surface area (Å²) >= 11 is 0. The van der Waals surface area contributed by atoms with E-state index in [4.69, 9.17) is 4.74 Å². The number of aromatic nitrogens is 1. The molecule has 1 saturated heterocycles. The van der Waals surface area contributed by atoms with Crippen molar-refractivity contribution in [2.75, 3.05) is 32.8 Å². The maximum atomic E-state index is 12.1. The van der Waals surface area contributed by atoms with Gasteiger partial charge in [0.2, 0.25) is 0 Å². The highest BCUT2D eigenvalue weighted by atomic mass is 16.6. The molecule has 124 valence electrons. The summed E-state index contributed by atoms with van der Waals surface area (Å²) in [6, 6.07) is 3.58. The number of pyridine rings is 1. The Morgan fingerprint density at radius 2 is 1.91 bits per heavy atom. The molecular formula is C15H20N4O4. The van der Waals surface area contributed by atoms with Gasteiger partial charge in [-0.15, -0.1) is 0 Å². The molecule has 0 aliphatic carbocycles. The average Bonchev–Trinajstić information content (AvgIpc) is 2.60. The number of nitrogens with one attached hydrogen (secondary N) is 1. The van der Waals surface area contributed by atoms with Crippen molar-refractivity contribution in [3.05, 3.63) is 30.1 Å². The zero-order valence-electron chi connectivity index (χ0n) is 13.0. The number of hydrogen-bond donors (Lipinski definition) is 1. The molecule has 1 aromatic rings. The predicted molar refractivity (Wildman–Crippen MR) is 81.3 cm³/mol. The zero-order valence-corrected chi connectivity index (χ0v) is 13.0. The van der Waals surface area contributed by atoms with Gasteiger partial charge in [-0.3, -0.25) is 14.6 Å². The van der Waals surface area contributed by atoms with Crippen molar-refractivity contribution in [2.24, 2.45) is 0 Å². The molecule has 1 aliphatic rings. The lowest BCUT2D eigenvalue weighted by Crippen LogP contribution is -2.53. The third-order valence-corrected chi connectivity index (χ3v) is 3.46. The van der Waals surface area contributed by atoms with Crippen molar-refractivity contribution in [3.8, 4) is 0 Å². The molecule has 1 aromatic heterocycles. The van der Waals surface area contributed by atoms with Crippen LogP contribution in [-0.2, 0) is 20.9 Å². The quantitative estimate of drug-likeness (QED) is 0.792. The molecule has 1 N–H and O–H groups in total. The topological polar surface area (TPSA) is 91.8 Å². The minimum atomic E-state index is -0.654. The highest BCUT2D eigenvalue weighted by Gasteiger charge is 2.28. The first-order valence-electron chi connectivity index (χ1n) is 7.49. The number of hydrogen-bond acceptors (Lipinski definition) is 5. The number of carbonyl (C=O) groups excluding carboxylic acids is 3. The van der Waals surface area contributed by atoms with E-state index in [1.807, 2.05) is 6.07 Å². The standard InChI is InChI=1S/C15H20N4O4/c1-2-23-15(22)19-8-6-18(7-9-19)14(21)13(20)17-11-12-4-3-5-16-10-12/h3-5,10H,2,6-9,11H2,1H3,(H,17,20). The summed E-state index contributed by atoms with van der Waals surface area (Å²) in [5.74, 6) is -1.24. The molecule has 1 aliphatic heterocycles. The van der Waals surface area contributed by atoms with Crippen molar-refractivity contribution in [2.45, 2.75) is 13.5 Å². The van der Waals surface area contributed by atoms with E-state index in [0.29, 0.717) is 32.8 Å². The number of nitrogens with zero attached hydrogens (tertiary/aromatic N) is 3. The Morgan fingerprint density at radius 1 is 1.22 bits per heavy atom. The monoisotopic (exact) mass is 320 g/mol. The summed E-state index contributed by atoms with van der Waals surface area (Å²) in [4.78, 5) is 42.5. The van der Waals surface area contributed by atoms with Crippen LogP contribution in [0.15, 0.2) is 24.5 Å². The maximum absolute atomic E-state index is 12.1. The fourth-order valence-corrected chi connectivity index (χ4v) is 2.21. The lowest BCUT2D eigenvalue weighted by atomic mass is 10.3. The van der Waals surface area contributed by atoms with E-state index >= 15 is 0 Å². The number of amides is 3. The summed E-state index contributed by atoms with van der Waals surface area (Å²) in [7, 11) is 0. The second kappa shape index (κ2) is 8.11. The fourth-order valence-electron chi connectivity index (χ4n) is 2.21. The predicted octanol–water partition coefficient (Wildman–Crippen LogP) is -0.00150. The van der Waals surface area contributed by atoms with E-state index in [1.54, 1.807) is 25.4 Å². The van der Waals surface area contributed by atoms with Crippen molar-refractivity contribution >= 4 is 17.9 Å². The van der Waals surface area contributed by atoms with Gasteiger partial charge in [0.15, 0.2) is 0 Å². The van der Waals surface area contributed by atoms with Crippen LogP contribution in [0.1, 0.15) is 12.5 Å².